The first-order valence-corrected chi connectivity index (χ1v) is 6.59. The molecule has 0 fully saturated rings. The molecular weight excluding hydrogens is 300 g/mol. The Balaban J connectivity index is 2.46. The summed E-state index contributed by atoms with van der Waals surface area (Å²) in [6.07, 6.45) is 0. The van der Waals surface area contributed by atoms with E-state index in [1.165, 1.54) is 30.3 Å². The number of nitrogens with one attached hydrogen (secondary N) is 1. The van der Waals surface area contributed by atoms with E-state index in [4.69, 9.17) is 0 Å². The van der Waals surface area contributed by atoms with Gasteiger partial charge in [0, 0.05) is 0 Å². The summed E-state index contributed by atoms with van der Waals surface area (Å²) in [5.74, 6) is -9.41. The van der Waals surface area contributed by atoms with Crippen LogP contribution in [0.5, 0.6) is 0 Å². The van der Waals surface area contributed by atoms with E-state index in [0.717, 1.165) is 0 Å². The molecule has 0 unspecified atom stereocenters. The molecule has 20 heavy (non-hydrogen) atoms. The van der Waals surface area contributed by atoms with Gasteiger partial charge in [0.1, 0.15) is 0 Å². The van der Waals surface area contributed by atoms with Crippen molar-refractivity contribution in [2.75, 3.05) is 4.72 Å². The molecular formula is C11H6F4N2O2S. The molecule has 0 atom stereocenters. The second-order valence-electron chi connectivity index (χ2n) is 3.61. The van der Waals surface area contributed by atoms with Crippen LogP contribution < -0.4 is 4.72 Å². The van der Waals surface area contributed by atoms with Crippen molar-refractivity contribution in [3.8, 4) is 0 Å². The van der Waals surface area contributed by atoms with Gasteiger partial charge in [-0.3, -0.25) is 4.72 Å². The molecule has 4 nitrogen and oxygen atoms in total. The smallest absolute Gasteiger partial charge is 0.261 e. The largest absolute Gasteiger partial charge is 0.263 e. The second kappa shape index (κ2) is 5.08. The molecule has 1 heterocycles. The number of rotatable bonds is 3. The highest BCUT2D eigenvalue weighted by Crippen LogP contribution is 2.22. The number of anilines is 1. The third-order valence-electron chi connectivity index (χ3n) is 2.27. The molecule has 0 saturated carbocycles. The topological polar surface area (TPSA) is 59.1 Å². The zero-order chi connectivity index (χ0) is 14.9. The molecule has 2 rings (SSSR count). The maximum absolute atomic E-state index is 13.3. The molecule has 0 radical (unpaired) electrons. The summed E-state index contributed by atoms with van der Waals surface area (Å²) in [6.45, 7) is 0. The summed E-state index contributed by atoms with van der Waals surface area (Å²) in [4.78, 5) is 2.42. The molecule has 9 heteroatoms. The molecule has 1 aromatic carbocycles. The highest BCUT2D eigenvalue weighted by Gasteiger charge is 2.24. The highest BCUT2D eigenvalue weighted by atomic mass is 32.2. The van der Waals surface area contributed by atoms with Gasteiger partial charge in [-0.15, -0.1) is 0 Å². The van der Waals surface area contributed by atoms with E-state index >= 15 is 0 Å². The van der Waals surface area contributed by atoms with Crippen molar-refractivity contribution in [2.45, 2.75) is 4.90 Å². The molecule has 0 saturated heterocycles. The van der Waals surface area contributed by atoms with E-state index in [1.54, 1.807) is 4.72 Å². The van der Waals surface area contributed by atoms with E-state index in [0.29, 0.717) is 0 Å². The van der Waals surface area contributed by atoms with Gasteiger partial charge in [-0.1, -0.05) is 18.2 Å². The Hall–Kier alpha value is -2.16. The van der Waals surface area contributed by atoms with Crippen LogP contribution in [0.25, 0.3) is 0 Å². The molecule has 1 N–H and O–H groups in total. The summed E-state index contributed by atoms with van der Waals surface area (Å²) in [5, 5.41) is 0. The minimum atomic E-state index is -4.29. The Morgan fingerprint density at radius 2 is 1.50 bits per heavy atom. The predicted octanol–water partition coefficient (Wildman–Crippen LogP) is 2.44. The zero-order valence-corrected chi connectivity index (χ0v) is 10.4. The first kappa shape index (κ1) is 14.3. The predicted molar refractivity (Wildman–Crippen MR) is 61.3 cm³/mol. The third kappa shape index (κ3) is 2.57. The van der Waals surface area contributed by atoms with Gasteiger partial charge in [0.05, 0.1) is 4.90 Å². The van der Waals surface area contributed by atoms with Gasteiger partial charge < -0.3 is 0 Å². The molecule has 0 aliphatic heterocycles. The van der Waals surface area contributed by atoms with Crippen LogP contribution in [0, 0.1) is 23.4 Å². The SMILES string of the molecule is O=S(=O)(Nc1nc(F)c(F)c(F)c1F)c1ccccc1. The van der Waals surface area contributed by atoms with Crippen molar-refractivity contribution in [2.24, 2.45) is 0 Å². The average molecular weight is 306 g/mol. The minimum Gasteiger partial charge on any atom is -0.261 e. The summed E-state index contributed by atoms with van der Waals surface area (Å²) < 4.78 is 77.0. The summed E-state index contributed by atoms with van der Waals surface area (Å²) >= 11 is 0. The molecule has 106 valence electrons. The van der Waals surface area contributed by atoms with Gasteiger partial charge in [0.2, 0.25) is 17.5 Å². The van der Waals surface area contributed by atoms with Gasteiger partial charge in [0.15, 0.2) is 5.82 Å². The lowest BCUT2D eigenvalue weighted by atomic mass is 10.4. The Bertz CT molecular complexity index is 751. The minimum absolute atomic E-state index is 0.272. The Morgan fingerprint density at radius 1 is 0.900 bits per heavy atom. The number of pyridine rings is 1. The van der Waals surface area contributed by atoms with E-state index < -0.39 is 39.2 Å². The van der Waals surface area contributed by atoms with Crippen LogP contribution in [-0.2, 0) is 10.0 Å². The number of aromatic nitrogens is 1. The van der Waals surface area contributed by atoms with Gasteiger partial charge in [0.25, 0.3) is 16.0 Å². The average Bonchev–Trinajstić information content (AvgIpc) is 2.43. The lowest BCUT2D eigenvalue weighted by Gasteiger charge is -2.08. The monoisotopic (exact) mass is 306 g/mol. The normalized spacial score (nSPS) is 11.4. The summed E-state index contributed by atoms with van der Waals surface area (Å²) in [5.41, 5.74) is 0. The van der Waals surface area contributed by atoms with Crippen molar-refractivity contribution in [3.63, 3.8) is 0 Å². The zero-order valence-electron chi connectivity index (χ0n) is 9.57. The van der Waals surface area contributed by atoms with Crippen LogP contribution in [0.3, 0.4) is 0 Å². The van der Waals surface area contributed by atoms with Crippen LogP contribution in [-0.4, -0.2) is 13.4 Å². The molecule has 0 amide bonds. The van der Waals surface area contributed by atoms with Crippen molar-refractivity contribution in [1.82, 2.24) is 4.98 Å². The fourth-order valence-corrected chi connectivity index (χ4v) is 2.36. The Kier molecular flexibility index (Phi) is 3.62. The maximum Gasteiger partial charge on any atom is 0.263 e. The molecule has 0 bridgehead atoms. The van der Waals surface area contributed by atoms with Gasteiger partial charge in [-0.05, 0) is 12.1 Å². The molecule has 2 aromatic rings. The van der Waals surface area contributed by atoms with E-state index in [-0.39, 0.29) is 4.90 Å². The van der Waals surface area contributed by atoms with Crippen LogP contribution in [0.15, 0.2) is 35.2 Å². The van der Waals surface area contributed by atoms with Crippen molar-refractivity contribution < 1.29 is 26.0 Å². The van der Waals surface area contributed by atoms with Crippen LogP contribution in [0.4, 0.5) is 23.4 Å². The van der Waals surface area contributed by atoms with Gasteiger partial charge in [-0.2, -0.15) is 18.2 Å². The first-order chi connectivity index (χ1) is 9.33. The van der Waals surface area contributed by atoms with Crippen LogP contribution >= 0.6 is 0 Å². The maximum atomic E-state index is 13.3. The second-order valence-corrected chi connectivity index (χ2v) is 5.29. The van der Waals surface area contributed by atoms with Gasteiger partial charge in [-0.25, -0.2) is 12.8 Å². The molecule has 0 spiro atoms. The van der Waals surface area contributed by atoms with Crippen LogP contribution in [0.2, 0.25) is 0 Å². The molecule has 0 aliphatic carbocycles. The summed E-state index contributed by atoms with van der Waals surface area (Å²) in [6, 6.07) is 6.68. The van der Waals surface area contributed by atoms with E-state index in [1.807, 2.05) is 0 Å². The highest BCUT2D eigenvalue weighted by molar-refractivity contribution is 7.92. The fourth-order valence-electron chi connectivity index (χ4n) is 1.34. The van der Waals surface area contributed by atoms with Crippen LogP contribution in [0.1, 0.15) is 0 Å². The van der Waals surface area contributed by atoms with E-state index in [2.05, 4.69) is 4.98 Å². The van der Waals surface area contributed by atoms with Crippen molar-refractivity contribution in [1.29, 1.82) is 0 Å². The number of hydrogen-bond donors (Lipinski definition) is 1. The number of benzene rings is 1. The first-order valence-electron chi connectivity index (χ1n) is 5.11. The van der Waals surface area contributed by atoms with Crippen molar-refractivity contribution >= 4 is 15.8 Å². The van der Waals surface area contributed by atoms with E-state index in [9.17, 15) is 26.0 Å². The number of hydrogen-bond acceptors (Lipinski definition) is 3. The molecule has 0 aliphatic rings. The van der Waals surface area contributed by atoms with Crippen molar-refractivity contribution in [3.05, 3.63) is 53.7 Å². The molecule has 1 aromatic heterocycles. The Morgan fingerprint density at radius 3 is 2.10 bits per heavy atom. The Labute approximate surface area is 111 Å². The van der Waals surface area contributed by atoms with Gasteiger partial charge >= 0.3 is 0 Å². The quantitative estimate of drug-likeness (QED) is 0.700. The standard InChI is InChI=1S/C11H6F4N2O2S/c12-7-8(13)10(15)16-11(9(7)14)17-20(18,19)6-4-2-1-3-5-6/h1-5H,(H,16,17). The lowest BCUT2D eigenvalue weighted by molar-refractivity contribution is 0.394. The number of sulfonamides is 1. The number of halogens is 4. The summed E-state index contributed by atoms with van der Waals surface area (Å²) in [7, 11) is -4.29. The third-order valence-corrected chi connectivity index (χ3v) is 3.62. The lowest BCUT2D eigenvalue weighted by Crippen LogP contribution is -2.17. The fraction of sp³-hybridized carbons (Fsp3) is 0. The number of nitrogens with zero attached hydrogens (tertiary/aromatic N) is 1.